The van der Waals surface area contributed by atoms with Crippen molar-refractivity contribution in [1.29, 1.82) is 0 Å². The zero-order valence-electron chi connectivity index (χ0n) is 10.0. The van der Waals surface area contributed by atoms with Gasteiger partial charge in [-0.15, -0.1) is 0 Å². The Hall–Kier alpha value is -1.96. The third kappa shape index (κ3) is 2.65. The SMILES string of the molecule is COc1ncnc(NCC2CCCN2)c1[N+](=O)[O-]. The second-order valence-corrected chi connectivity index (χ2v) is 4.01. The Labute approximate surface area is 104 Å². The first-order valence-electron chi connectivity index (χ1n) is 5.73. The fourth-order valence-electron chi connectivity index (χ4n) is 1.96. The minimum absolute atomic E-state index is 0.0307. The van der Waals surface area contributed by atoms with Crippen molar-refractivity contribution in [2.45, 2.75) is 18.9 Å². The Morgan fingerprint density at radius 2 is 2.50 bits per heavy atom. The van der Waals surface area contributed by atoms with Crippen molar-refractivity contribution < 1.29 is 9.66 Å². The van der Waals surface area contributed by atoms with E-state index in [0.717, 1.165) is 19.4 Å². The van der Waals surface area contributed by atoms with Crippen molar-refractivity contribution >= 4 is 11.5 Å². The molecule has 0 aromatic carbocycles. The molecular weight excluding hydrogens is 238 g/mol. The molecule has 1 aliphatic rings. The van der Waals surface area contributed by atoms with Gasteiger partial charge in [0.05, 0.1) is 12.0 Å². The van der Waals surface area contributed by atoms with Gasteiger partial charge in [-0.3, -0.25) is 10.1 Å². The number of aromatic nitrogens is 2. The van der Waals surface area contributed by atoms with Crippen molar-refractivity contribution in [2.75, 3.05) is 25.5 Å². The molecular formula is C10H15N5O3. The van der Waals surface area contributed by atoms with Gasteiger partial charge < -0.3 is 15.4 Å². The van der Waals surface area contributed by atoms with Gasteiger partial charge in [-0.2, -0.15) is 4.98 Å². The molecule has 8 heteroatoms. The van der Waals surface area contributed by atoms with Crippen LogP contribution >= 0.6 is 0 Å². The van der Waals surface area contributed by atoms with Crippen LogP contribution in [-0.4, -0.2) is 41.1 Å². The zero-order chi connectivity index (χ0) is 13.0. The summed E-state index contributed by atoms with van der Waals surface area (Å²) in [5.74, 6) is 0.164. The molecule has 2 rings (SSSR count). The number of nitrogens with zero attached hydrogens (tertiary/aromatic N) is 3. The van der Waals surface area contributed by atoms with E-state index in [1.165, 1.54) is 13.4 Å². The van der Waals surface area contributed by atoms with E-state index in [1.807, 2.05) is 0 Å². The number of rotatable bonds is 5. The largest absolute Gasteiger partial charge is 0.476 e. The summed E-state index contributed by atoms with van der Waals surface area (Å²) in [5, 5.41) is 17.3. The molecule has 2 N–H and O–H groups in total. The third-order valence-electron chi connectivity index (χ3n) is 2.84. The van der Waals surface area contributed by atoms with Gasteiger partial charge in [-0.1, -0.05) is 0 Å². The Morgan fingerprint density at radius 3 is 3.11 bits per heavy atom. The number of nitro groups is 1. The molecule has 0 saturated carbocycles. The lowest BCUT2D eigenvalue weighted by Gasteiger charge is -2.12. The summed E-state index contributed by atoms with van der Waals surface area (Å²) < 4.78 is 4.87. The highest BCUT2D eigenvalue weighted by atomic mass is 16.6. The Bertz CT molecular complexity index is 434. The Morgan fingerprint density at radius 1 is 1.67 bits per heavy atom. The summed E-state index contributed by atoms with van der Waals surface area (Å²) in [4.78, 5) is 18.1. The molecule has 8 nitrogen and oxygen atoms in total. The molecule has 0 aliphatic carbocycles. The molecule has 0 amide bonds. The van der Waals surface area contributed by atoms with Gasteiger partial charge in [-0.25, -0.2) is 4.98 Å². The van der Waals surface area contributed by atoms with Crippen LogP contribution in [0.1, 0.15) is 12.8 Å². The predicted octanol–water partition coefficient (Wildman–Crippen LogP) is 0.557. The Kier molecular flexibility index (Phi) is 3.88. The molecule has 1 aromatic heterocycles. The summed E-state index contributed by atoms with van der Waals surface area (Å²) in [7, 11) is 1.34. The monoisotopic (exact) mass is 253 g/mol. The van der Waals surface area contributed by atoms with Crippen LogP contribution in [0.25, 0.3) is 0 Å². The smallest absolute Gasteiger partial charge is 0.372 e. The number of ether oxygens (including phenoxy) is 1. The minimum Gasteiger partial charge on any atom is -0.476 e. The van der Waals surface area contributed by atoms with Gasteiger partial charge >= 0.3 is 5.69 Å². The molecule has 1 fully saturated rings. The fraction of sp³-hybridized carbons (Fsp3) is 0.600. The van der Waals surface area contributed by atoms with Crippen molar-refractivity contribution in [3.8, 4) is 5.88 Å². The first-order valence-corrected chi connectivity index (χ1v) is 5.73. The molecule has 1 aromatic rings. The maximum absolute atomic E-state index is 11.0. The zero-order valence-corrected chi connectivity index (χ0v) is 10.0. The molecule has 0 bridgehead atoms. The van der Waals surface area contributed by atoms with E-state index in [-0.39, 0.29) is 17.4 Å². The lowest BCUT2D eigenvalue weighted by atomic mass is 10.2. The van der Waals surface area contributed by atoms with Gasteiger partial charge in [-0.05, 0) is 19.4 Å². The number of methoxy groups -OCH3 is 1. The van der Waals surface area contributed by atoms with Crippen LogP contribution in [0.15, 0.2) is 6.33 Å². The lowest BCUT2D eigenvalue weighted by molar-refractivity contribution is -0.385. The van der Waals surface area contributed by atoms with E-state index < -0.39 is 4.92 Å². The summed E-state index contributed by atoms with van der Waals surface area (Å²) in [6, 6.07) is 0.325. The van der Waals surface area contributed by atoms with Crippen LogP contribution in [0, 0.1) is 10.1 Å². The van der Waals surface area contributed by atoms with Gasteiger partial charge in [0.2, 0.25) is 5.82 Å². The standard InChI is InChI=1S/C10H15N5O3/c1-18-10-8(15(16)17)9(13-6-14-10)12-5-7-3-2-4-11-7/h6-7,11H,2-5H2,1H3,(H,12,13,14). The molecule has 18 heavy (non-hydrogen) atoms. The topological polar surface area (TPSA) is 102 Å². The van der Waals surface area contributed by atoms with E-state index in [4.69, 9.17) is 4.74 Å². The van der Waals surface area contributed by atoms with Crippen LogP contribution in [0.3, 0.4) is 0 Å². The number of anilines is 1. The summed E-state index contributed by atoms with van der Waals surface area (Å²) in [6.45, 7) is 1.59. The van der Waals surface area contributed by atoms with Crippen LogP contribution in [-0.2, 0) is 0 Å². The summed E-state index contributed by atoms with van der Waals surface area (Å²) in [5.41, 5.74) is -0.224. The van der Waals surface area contributed by atoms with Gasteiger partial charge in [0.15, 0.2) is 0 Å². The second-order valence-electron chi connectivity index (χ2n) is 4.01. The fourth-order valence-corrected chi connectivity index (χ4v) is 1.96. The summed E-state index contributed by atoms with van der Waals surface area (Å²) in [6.07, 6.45) is 3.43. The van der Waals surface area contributed by atoms with E-state index in [9.17, 15) is 10.1 Å². The van der Waals surface area contributed by atoms with Crippen molar-refractivity contribution in [3.63, 3.8) is 0 Å². The number of hydrogen-bond acceptors (Lipinski definition) is 7. The van der Waals surface area contributed by atoms with Gasteiger partial charge in [0.25, 0.3) is 5.88 Å². The van der Waals surface area contributed by atoms with Crippen molar-refractivity contribution in [3.05, 3.63) is 16.4 Å². The maximum Gasteiger partial charge on any atom is 0.372 e. The molecule has 98 valence electrons. The van der Waals surface area contributed by atoms with E-state index in [0.29, 0.717) is 12.6 Å². The molecule has 1 aliphatic heterocycles. The van der Waals surface area contributed by atoms with Crippen LogP contribution in [0.2, 0.25) is 0 Å². The Balaban J connectivity index is 2.13. The first kappa shape index (κ1) is 12.5. The minimum atomic E-state index is -0.538. The highest BCUT2D eigenvalue weighted by molar-refractivity contribution is 5.61. The average molecular weight is 253 g/mol. The van der Waals surface area contributed by atoms with E-state index >= 15 is 0 Å². The average Bonchev–Trinajstić information content (AvgIpc) is 2.88. The molecule has 1 unspecified atom stereocenters. The number of hydrogen-bond donors (Lipinski definition) is 2. The molecule has 1 atom stereocenters. The molecule has 2 heterocycles. The van der Waals surface area contributed by atoms with Crippen molar-refractivity contribution in [1.82, 2.24) is 15.3 Å². The van der Waals surface area contributed by atoms with Crippen LogP contribution in [0.5, 0.6) is 5.88 Å². The molecule has 1 saturated heterocycles. The van der Waals surface area contributed by atoms with E-state index in [2.05, 4.69) is 20.6 Å². The van der Waals surface area contributed by atoms with Crippen LogP contribution < -0.4 is 15.4 Å². The first-order chi connectivity index (χ1) is 8.72. The van der Waals surface area contributed by atoms with E-state index in [1.54, 1.807) is 0 Å². The van der Waals surface area contributed by atoms with Gasteiger partial charge in [0, 0.05) is 12.6 Å². The third-order valence-corrected chi connectivity index (χ3v) is 2.84. The van der Waals surface area contributed by atoms with Crippen LogP contribution in [0.4, 0.5) is 11.5 Å². The highest BCUT2D eigenvalue weighted by Gasteiger charge is 2.24. The molecule has 0 spiro atoms. The number of nitrogens with one attached hydrogen (secondary N) is 2. The normalized spacial score (nSPS) is 18.6. The maximum atomic E-state index is 11.0. The lowest BCUT2D eigenvalue weighted by Crippen LogP contribution is -2.29. The van der Waals surface area contributed by atoms with Crippen molar-refractivity contribution in [2.24, 2.45) is 0 Å². The molecule has 0 radical (unpaired) electrons. The highest BCUT2D eigenvalue weighted by Crippen LogP contribution is 2.30. The predicted molar refractivity (Wildman–Crippen MR) is 64.8 cm³/mol. The quantitative estimate of drug-likeness (QED) is 0.583. The summed E-state index contributed by atoms with van der Waals surface area (Å²) >= 11 is 0. The second kappa shape index (κ2) is 5.58. The van der Waals surface area contributed by atoms with Gasteiger partial charge in [0.1, 0.15) is 6.33 Å².